The molecule has 2 heterocycles. The second-order valence-corrected chi connectivity index (χ2v) is 11.5. The van der Waals surface area contributed by atoms with Crippen LogP contribution in [0.2, 0.25) is 5.02 Å². The first-order valence-electron chi connectivity index (χ1n) is 14.8. The number of amides is 2. The van der Waals surface area contributed by atoms with Crippen LogP contribution in [0.5, 0.6) is 0 Å². The van der Waals surface area contributed by atoms with Crippen LogP contribution in [-0.4, -0.2) is 31.4 Å². The van der Waals surface area contributed by atoms with Gasteiger partial charge in [-0.15, -0.1) is 0 Å². The molecule has 0 bridgehead atoms. The van der Waals surface area contributed by atoms with Gasteiger partial charge in [-0.05, 0) is 84.9 Å². The molecule has 0 aliphatic rings. The number of alkyl halides is 9. The Labute approximate surface area is 298 Å². The van der Waals surface area contributed by atoms with E-state index in [4.69, 9.17) is 23.1 Å². The Bertz CT molecular complexity index is 2240. The predicted octanol–water partition coefficient (Wildman–Crippen LogP) is 8.99. The first-order chi connectivity index (χ1) is 24.7. The van der Waals surface area contributed by atoms with Crippen molar-refractivity contribution in [3.8, 4) is 33.9 Å². The lowest BCUT2D eigenvalue weighted by atomic mass is 10.1. The third-order valence-electron chi connectivity index (χ3n) is 7.44. The van der Waals surface area contributed by atoms with E-state index in [2.05, 4.69) is 10.2 Å². The fraction of sp³-hybridized carbons (Fsp3) is 0.0857. The van der Waals surface area contributed by atoms with Crippen molar-refractivity contribution in [2.75, 3.05) is 0 Å². The van der Waals surface area contributed by atoms with E-state index in [1.165, 1.54) is 48.5 Å². The Hall–Kier alpha value is -6.10. The minimum atomic E-state index is -4.75. The van der Waals surface area contributed by atoms with Gasteiger partial charge in [-0.1, -0.05) is 35.9 Å². The molecule has 0 atom stereocenters. The second-order valence-electron chi connectivity index (χ2n) is 11.1. The van der Waals surface area contributed by atoms with Gasteiger partial charge in [0.15, 0.2) is 11.4 Å². The fourth-order valence-corrected chi connectivity index (χ4v) is 4.95. The van der Waals surface area contributed by atoms with Crippen LogP contribution in [0, 0.1) is 0 Å². The number of benzene rings is 4. The molecule has 0 saturated carbocycles. The molecule has 274 valence electrons. The Morgan fingerprint density at radius 1 is 0.509 bits per heavy atom. The summed E-state index contributed by atoms with van der Waals surface area (Å²) in [6.07, 6.45) is -13.9. The summed E-state index contributed by atoms with van der Waals surface area (Å²) in [7, 11) is 0. The van der Waals surface area contributed by atoms with Crippen molar-refractivity contribution in [2.45, 2.75) is 18.5 Å². The molecule has 0 radical (unpaired) electrons. The molecule has 2 aromatic heterocycles. The van der Waals surface area contributed by atoms with Gasteiger partial charge in [0.1, 0.15) is 0 Å². The van der Waals surface area contributed by atoms with Crippen molar-refractivity contribution in [1.82, 2.24) is 19.6 Å². The highest BCUT2D eigenvalue weighted by molar-refractivity contribution is 6.30. The zero-order valence-corrected chi connectivity index (χ0v) is 27.2. The van der Waals surface area contributed by atoms with Crippen molar-refractivity contribution in [2.24, 2.45) is 11.5 Å². The summed E-state index contributed by atoms with van der Waals surface area (Å²) in [6, 6.07) is 22.9. The molecule has 0 saturated heterocycles. The summed E-state index contributed by atoms with van der Waals surface area (Å²) in [5, 5.41) is 7.66. The summed E-state index contributed by atoms with van der Waals surface area (Å²) in [5.41, 5.74) is 8.90. The number of carbonyl (C=O) groups is 2. The Kier molecular flexibility index (Phi) is 10.4. The highest BCUT2D eigenvalue weighted by atomic mass is 35.5. The van der Waals surface area contributed by atoms with E-state index in [1.54, 1.807) is 24.3 Å². The molecule has 0 unspecified atom stereocenters. The standard InChI is InChI=1S/C18H11F6N3O.C17H11ClF3N3O/c19-17(20,21)12-5-1-10(2-6-12)14-9-15(18(22,23)24)26-27(14)13-7-3-11(4-8-13)16(25)28;18-12-5-1-10(2-6-12)14-9-15(17(19,20)21)23-24(14)13-7-3-11(4-8-13)16(22)25/h1-9H,(H2,25,28);1-9H,(H2,22,25). The summed E-state index contributed by atoms with van der Waals surface area (Å²) >= 11 is 5.83. The maximum Gasteiger partial charge on any atom is 0.435 e. The number of hydrogen-bond acceptors (Lipinski definition) is 4. The maximum atomic E-state index is 13.1. The van der Waals surface area contributed by atoms with Crippen molar-refractivity contribution in [3.05, 3.63) is 142 Å². The number of carbonyl (C=O) groups excluding carboxylic acids is 2. The summed E-state index contributed by atoms with van der Waals surface area (Å²) in [6.45, 7) is 0. The van der Waals surface area contributed by atoms with Gasteiger partial charge in [-0.2, -0.15) is 49.7 Å². The molecule has 0 fully saturated rings. The topological polar surface area (TPSA) is 122 Å². The van der Waals surface area contributed by atoms with Crippen LogP contribution in [0.3, 0.4) is 0 Å². The van der Waals surface area contributed by atoms with E-state index < -0.39 is 47.3 Å². The highest BCUT2D eigenvalue weighted by Gasteiger charge is 2.37. The van der Waals surface area contributed by atoms with Gasteiger partial charge in [-0.3, -0.25) is 9.59 Å². The molecule has 4 aromatic carbocycles. The number of rotatable bonds is 6. The van der Waals surface area contributed by atoms with Gasteiger partial charge in [-0.25, -0.2) is 9.36 Å². The summed E-state index contributed by atoms with van der Waals surface area (Å²) < 4.78 is 119. The van der Waals surface area contributed by atoms with Crippen molar-refractivity contribution in [1.29, 1.82) is 0 Å². The van der Waals surface area contributed by atoms with E-state index in [1.807, 2.05) is 0 Å². The molecule has 6 rings (SSSR count). The monoisotopic (exact) mass is 764 g/mol. The first-order valence-corrected chi connectivity index (χ1v) is 15.2. The molecular formula is C35H22ClF9N6O2. The van der Waals surface area contributed by atoms with Crippen molar-refractivity contribution >= 4 is 23.4 Å². The molecule has 0 aliphatic carbocycles. The minimum absolute atomic E-state index is 0.0622. The smallest absolute Gasteiger partial charge is 0.366 e. The van der Waals surface area contributed by atoms with E-state index in [-0.39, 0.29) is 33.8 Å². The Morgan fingerprint density at radius 2 is 0.849 bits per heavy atom. The summed E-state index contributed by atoms with van der Waals surface area (Å²) in [5.74, 6) is -1.34. The Balaban J connectivity index is 0.000000206. The largest absolute Gasteiger partial charge is 0.435 e. The zero-order chi connectivity index (χ0) is 38.9. The quantitative estimate of drug-likeness (QED) is 0.165. The molecular weight excluding hydrogens is 743 g/mol. The molecule has 4 N–H and O–H groups in total. The van der Waals surface area contributed by atoms with E-state index in [0.717, 1.165) is 45.8 Å². The number of hydrogen-bond donors (Lipinski definition) is 2. The number of aromatic nitrogens is 4. The molecule has 0 spiro atoms. The van der Waals surface area contributed by atoms with Crippen molar-refractivity contribution < 1.29 is 49.1 Å². The van der Waals surface area contributed by atoms with E-state index in [0.29, 0.717) is 16.3 Å². The number of nitrogens with two attached hydrogens (primary N) is 2. The first kappa shape index (κ1) is 38.1. The van der Waals surface area contributed by atoms with Crippen molar-refractivity contribution in [3.63, 3.8) is 0 Å². The van der Waals surface area contributed by atoms with Crippen LogP contribution in [0.25, 0.3) is 33.9 Å². The van der Waals surface area contributed by atoms with Crippen LogP contribution in [0.15, 0.2) is 109 Å². The van der Waals surface area contributed by atoms with Crippen LogP contribution in [-0.2, 0) is 18.5 Å². The van der Waals surface area contributed by atoms with Gasteiger partial charge >= 0.3 is 18.5 Å². The number of primary amides is 2. The van der Waals surface area contributed by atoms with Gasteiger partial charge in [0.2, 0.25) is 11.8 Å². The lowest BCUT2D eigenvalue weighted by Crippen LogP contribution is -2.11. The van der Waals surface area contributed by atoms with Crippen LogP contribution >= 0.6 is 11.6 Å². The van der Waals surface area contributed by atoms with Crippen LogP contribution in [0.4, 0.5) is 39.5 Å². The van der Waals surface area contributed by atoms with Gasteiger partial charge in [0.05, 0.1) is 28.3 Å². The molecule has 53 heavy (non-hydrogen) atoms. The highest BCUT2D eigenvalue weighted by Crippen LogP contribution is 2.36. The lowest BCUT2D eigenvalue weighted by Gasteiger charge is -2.10. The molecule has 6 aromatic rings. The third kappa shape index (κ3) is 8.86. The number of nitrogens with zero attached hydrogens (tertiary/aromatic N) is 4. The van der Waals surface area contributed by atoms with Gasteiger partial charge in [0, 0.05) is 27.3 Å². The molecule has 18 heteroatoms. The maximum absolute atomic E-state index is 13.1. The minimum Gasteiger partial charge on any atom is -0.366 e. The molecule has 8 nitrogen and oxygen atoms in total. The summed E-state index contributed by atoms with van der Waals surface area (Å²) in [4.78, 5) is 22.3. The third-order valence-corrected chi connectivity index (χ3v) is 7.69. The normalized spacial score (nSPS) is 11.9. The molecule has 2 amide bonds. The number of halogens is 10. The SMILES string of the molecule is NC(=O)c1ccc(-n2nc(C(F)(F)F)cc2-c2ccc(C(F)(F)F)cc2)cc1.NC(=O)c1ccc(-n2nc(C(F)(F)F)cc2-c2ccc(Cl)cc2)cc1. The average Bonchev–Trinajstić information content (AvgIpc) is 3.76. The Morgan fingerprint density at radius 3 is 1.15 bits per heavy atom. The van der Waals surface area contributed by atoms with Gasteiger partial charge in [0.25, 0.3) is 0 Å². The molecule has 0 aliphatic heterocycles. The zero-order valence-electron chi connectivity index (χ0n) is 26.4. The van der Waals surface area contributed by atoms with E-state index >= 15 is 0 Å². The van der Waals surface area contributed by atoms with Gasteiger partial charge < -0.3 is 11.5 Å². The average molecular weight is 765 g/mol. The second kappa shape index (κ2) is 14.5. The van der Waals surface area contributed by atoms with E-state index in [9.17, 15) is 49.1 Å². The fourth-order valence-electron chi connectivity index (χ4n) is 4.83. The van der Waals surface area contributed by atoms with Crippen LogP contribution < -0.4 is 11.5 Å². The lowest BCUT2D eigenvalue weighted by molar-refractivity contribution is -0.142. The van der Waals surface area contributed by atoms with Crippen LogP contribution in [0.1, 0.15) is 37.7 Å². The predicted molar refractivity (Wildman–Crippen MR) is 175 cm³/mol.